The number of hydrogen-bond acceptors (Lipinski definition) is 4. The molecule has 2 N–H and O–H groups in total. The molecule has 0 aromatic heterocycles. The number of amides is 2. The highest BCUT2D eigenvalue weighted by Gasteiger charge is 2.31. The molecule has 1 unspecified atom stereocenters. The molecule has 172 valence electrons. The summed E-state index contributed by atoms with van der Waals surface area (Å²) in [6, 6.07) is 8.35. The van der Waals surface area contributed by atoms with Gasteiger partial charge in [0.25, 0.3) is 5.91 Å². The van der Waals surface area contributed by atoms with Gasteiger partial charge in [-0.15, -0.1) is 0 Å². The van der Waals surface area contributed by atoms with Crippen molar-refractivity contribution in [2.75, 3.05) is 26.2 Å². The van der Waals surface area contributed by atoms with Gasteiger partial charge in [-0.3, -0.25) is 9.59 Å². The van der Waals surface area contributed by atoms with Gasteiger partial charge in [0, 0.05) is 38.0 Å². The molecule has 32 heavy (non-hydrogen) atoms. The maximum atomic E-state index is 13.7. The van der Waals surface area contributed by atoms with E-state index in [0.717, 1.165) is 6.07 Å². The van der Waals surface area contributed by atoms with Gasteiger partial charge in [0.2, 0.25) is 5.91 Å². The molecule has 1 fully saturated rings. The van der Waals surface area contributed by atoms with Gasteiger partial charge in [0.15, 0.2) is 6.61 Å². The van der Waals surface area contributed by atoms with Crippen LogP contribution in [-0.4, -0.2) is 54.2 Å². The first-order chi connectivity index (χ1) is 15.2. The highest BCUT2D eigenvalue weighted by Crippen LogP contribution is 2.30. The Bertz CT molecular complexity index is 992. The lowest BCUT2D eigenvalue weighted by Crippen LogP contribution is -2.37. The molecule has 0 saturated carbocycles. The summed E-state index contributed by atoms with van der Waals surface area (Å²) in [6.45, 7) is 0.357. The number of ether oxygens (including phenoxy) is 1. The van der Waals surface area contributed by atoms with Crippen molar-refractivity contribution in [3.8, 4) is 5.75 Å². The molecule has 0 radical (unpaired) electrons. The minimum Gasteiger partial charge on any atom is -0.484 e. The largest absolute Gasteiger partial charge is 0.484 e. The Morgan fingerprint density at radius 2 is 1.88 bits per heavy atom. The average molecular weight is 487 g/mol. The van der Waals surface area contributed by atoms with Gasteiger partial charge in [-0.2, -0.15) is 0 Å². The van der Waals surface area contributed by atoms with E-state index in [-0.39, 0.29) is 53.6 Å². The maximum absolute atomic E-state index is 13.7. The monoisotopic (exact) mass is 486 g/mol. The van der Waals surface area contributed by atoms with Crippen LogP contribution >= 0.6 is 23.2 Å². The molecule has 1 aliphatic rings. The normalized spacial score (nSPS) is 16.8. The summed E-state index contributed by atoms with van der Waals surface area (Å²) in [7, 11) is 0. The molecule has 0 aliphatic carbocycles. The number of halogens is 4. The van der Waals surface area contributed by atoms with Crippen LogP contribution in [0.4, 0.5) is 8.78 Å². The first-order valence-corrected chi connectivity index (χ1v) is 10.7. The van der Waals surface area contributed by atoms with Gasteiger partial charge >= 0.3 is 0 Å². The number of aliphatic hydroxyl groups excluding tert-OH is 1. The van der Waals surface area contributed by atoms with Crippen LogP contribution < -0.4 is 10.1 Å². The van der Waals surface area contributed by atoms with Gasteiger partial charge in [-0.05, 0) is 36.2 Å². The molecule has 0 bridgehead atoms. The molecule has 2 aromatic rings. The summed E-state index contributed by atoms with van der Waals surface area (Å²) in [5, 5.41) is 12.6. The molecule has 0 spiro atoms. The second kappa shape index (κ2) is 10.9. The number of nitrogens with one attached hydrogen (secondary N) is 1. The first kappa shape index (κ1) is 24.2. The SMILES string of the molecule is O=C(COc1ccc(Cl)c(F)c1)NC[C@@H](O)CCN1CC(c2ccc(Cl)c(F)c2)CC1=O. The predicted molar refractivity (Wildman–Crippen MR) is 116 cm³/mol. The molecular formula is C22H22Cl2F2N2O4. The number of hydrogen-bond donors (Lipinski definition) is 2. The second-order valence-electron chi connectivity index (χ2n) is 7.53. The molecule has 1 heterocycles. The second-order valence-corrected chi connectivity index (χ2v) is 8.34. The highest BCUT2D eigenvalue weighted by atomic mass is 35.5. The Balaban J connectivity index is 1.38. The number of rotatable bonds is 9. The van der Waals surface area contributed by atoms with E-state index in [2.05, 4.69) is 5.32 Å². The van der Waals surface area contributed by atoms with Crippen molar-refractivity contribution in [3.05, 3.63) is 63.6 Å². The average Bonchev–Trinajstić information content (AvgIpc) is 3.14. The molecular weight excluding hydrogens is 465 g/mol. The summed E-state index contributed by atoms with van der Waals surface area (Å²) < 4.78 is 32.2. The molecule has 2 amide bonds. The molecule has 2 aromatic carbocycles. The fourth-order valence-corrected chi connectivity index (χ4v) is 3.62. The van der Waals surface area contributed by atoms with E-state index in [1.54, 1.807) is 11.0 Å². The lowest BCUT2D eigenvalue weighted by atomic mass is 9.98. The molecule has 6 nitrogen and oxygen atoms in total. The van der Waals surface area contributed by atoms with E-state index in [9.17, 15) is 23.5 Å². The van der Waals surface area contributed by atoms with Crippen molar-refractivity contribution in [2.24, 2.45) is 0 Å². The van der Waals surface area contributed by atoms with Crippen LogP contribution in [0, 0.1) is 11.6 Å². The summed E-state index contributed by atoms with van der Waals surface area (Å²) in [6.07, 6.45) is -0.347. The molecule has 1 aliphatic heterocycles. The zero-order chi connectivity index (χ0) is 23.3. The smallest absolute Gasteiger partial charge is 0.258 e. The number of likely N-dealkylation sites (tertiary alicyclic amines) is 1. The van der Waals surface area contributed by atoms with Gasteiger partial charge in [-0.25, -0.2) is 8.78 Å². The molecule has 10 heteroatoms. The van der Waals surface area contributed by atoms with Gasteiger partial charge in [-0.1, -0.05) is 29.3 Å². The minimum atomic E-state index is -0.869. The summed E-state index contributed by atoms with van der Waals surface area (Å²) in [5.74, 6) is -1.72. The van der Waals surface area contributed by atoms with Crippen LogP contribution in [0.25, 0.3) is 0 Å². The highest BCUT2D eigenvalue weighted by molar-refractivity contribution is 6.31. The van der Waals surface area contributed by atoms with E-state index < -0.39 is 23.6 Å². The van der Waals surface area contributed by atoms with E-state index in [4.69, 9.17) is 27.9 Å². The third kappa shape index (κ3) is 6.54. The first-order valence-electron chi connectivity index (χ1n) is 9.98. The minimum absolute atomic E-state index is 0.0228. The number of carbonyl (C=O) groups excluding carboxylic acids is 2. The van der Waals surface area contributed by atoms with Crippen LogP contribution in [-0.2, 0) is 9.59 Å². The van der Waals surface area contributed by atoms with Crippen LogP contribution in [0.5, 0.6) is 5.75 Å². The third-order valence-corrected chi connectivity index (χ3v) is 5.77. The van der Waals surface area contributed by atoms with Crippen molar-refractivity contribution in [3.63, 3.8) is 0 Å². The Labute approximate surface area is 194 Å². The maximum Gasteiger partial charge on any atom is 0.258 e. The fraction of sp³-hybridized carbons (Fsp3) is 0.364. The van der Waals surface area contributed by atoms with Gasteiger partial charge in [0.05, 0.1) is 16.1 Å². The Morgan fingerprint density at radius 3 is 2.56 bits per heavy atom. The standard InChI is InChI=1S/C22H22Cl2F2N2O4/c23-17-3-1-13(7-19(17)25)14-8-22(31)28(11-14)6-5-15(29)10-27-21(30)12-32-16-2-4-18(24)20(26)9-16/h1-4,7,9,14-15,29H,5-6,8,10-12H2,(H,27,30)/t14?,15-/m0/s1. The number of nitrogens with zero attached hydrogens (tertiary/aromatic N) is 1. The van der Waals surface area contributed by atoms with Crippen LogP contribution in [0.3, 0.4) is 0 Å². The summed E-state index contributed by atoms with van der Waals surface area (Å²) in [4.78, 5) is 25.7. The lowest BCUT2D eigenvalue weighted by molar-refractivity contribution is -0.128. The van der Waals surface area contributed by atoms with Gasteiger partial charge < -0.3 is 20.1 Å². The van der Waals surface area contributed by atoms with Crippen molar-refractivity contribution in [2.45, 2.75) is 24.9 Å². The predicted octanol–water partition coefficient (Wildman–Crippen LogP) is 3.53. The summed E-state index contributed by atoms with van der Waals surface area (Å²) in [5.41, 5.74) is 0.705. The number of carbonyl (C=O) groups is 2. The summed E-state index contributed by atoms with van der Waals surface area (Å²) >= 11 is 11.3. The Morgan fingerprint density at radius 1 is 1.19 bits per heavy atom. The van der Waals surface area contributed by atoms with E-state index in [1.165, 1.54) is 24.3 Å². The molecule has 2 atom stereocenters. The van der Waals surface area contributed by atoms with Gasteiger partial charge in [0.1, 0.15) is 17.4 Å². The zero-order valence-corrected chi connectivity index (χ0v) is 18.5. The van der Waals surface area contributed by atoms with E-state index in [0.29, 0.717) is 18.7 Å². The molecule has 3 rings (SSSR count). The van der Waals surface area contributed by atoms with E-state index >= 15 is 0 Å². The zero-order valence-electron chi connectivity index (χ0n) is 17.0. The Kier molecular flexibility index (Phi) is 8.28. The lowest BCUT2D eigenvalue weighted by Gasteiger charge is -2.19. The topological polar surface area (TPSA) is 78.9 Å². The van der Waals surface area contributed by atoms with Crippen molar-refractivity contribution in [1.82, 2.24) is 10.2 Å². The third-order valence-electron chi connectivity index (χ3n) is 5.16. The number of aliphatic hydroxyl groups is 1. The quantitative estimate of drug-likeness (QED) is 0.568. The fourth-order valence-electron chi connectivity index (χ4n) is 3.38. The Hall–Kier alpha value is -2.42. The van der Waals surface area contributed by atoms with Crippen LogP contribution in [0.2, 0.25) is 10.0 Å². The van der Waals surface area contributed by atoms with Crippen molar-refractivity contribution in [1.29, 1.82) is 0 Å². The van der Waals surface area contributed by atoms with Crippen LogP contribution in [0.15, 0.2) is 36.4 Å². The van der Waals surface area contributed by atoms with Crippen molar-refractivity contribution < 1.29 is 28.2 Å². The van der Waals surface area contributed by atoms with Crippen LogP contribution in [0.1, 0.15) is 24.3 Å². The van der Waals surface area contributed by atoms with Crippen molar-refractivity contribution >= 4 is 35.0 Å². The number of benzene rings is 2. The van der Waals surface area contributed by atoms with E-state index in [1.807, 2.05) is 0 Å². The molecule has 1 saturated heterocycles.